The van der Waals surface area contributed by atoms with Gasteiger partial charge in [-0.25, -0.2) is 4.98 Å². The monoisotopic (exact) mass is 494 g/mol. The molecule has 0 saturated carbocycles. The first-order valence-corrected chi connectivity index (χ1v) is 12.2. The van der Waals surface area contributed by atoms with E-state index >= 15 is 0 Å². The van der Waals surface area contributed by atoms with Crippen LogP contribution in [0.3, 0.4) is 0 Å². The number of amides is 1. The maximum atomic E-state index is 12.5. The van der Waals surface area contributed by atoms with E-state index in [0.29, 0.717) is 29.5 Å². The molecule has 1 atom stereocenters. The van der Waals surface area contributed by atoms with Crippen LogP contribution in [0.5, 0.6) is 11.5 Å². The molecule has 0 unspecified atom stereocenters. The number of carbonyl (C=O) groups is 1. The van der Waals surface area contributed by atoms with Crippen LogP contribution in [0.15, 0.2) is 60.7 Å². The largest absolute Gasteiger partial charge is 0.490 e. The van der Waals surface area contributed by atoms with Gasteiger partial charge in [-0.05, 0) is 80.3 Å². The van der Waals surface area contributed by atoms with E-state index in [1.165, 1.54) is 0 Å². The molecule has 4 rings (SSSR count). The molecule has 1 amide bonds. The highest BCUT2D eigenvalue weighted by atomic mass is 16.5. The fourth-order valence-corrected chi connectivity index (χ4v) is 3.97. The van der Waals surface area contributed by atoms with Crippen molar-refractivity contribution in [3.05, 3.63) is 88.7 Å². The first-order chi connectivity index (χ1) is 17.9. The van der Waals surface area contributed by atoms with Crippen molar-refractivity contribution >= 4 is 28.6 Å². The Morgan fingerprint density at radius 2 is 1.84 bits per heavy atom. The van der Waals surface area contributed by atoms with Gasteiger partial charge >= 0.3 is 0 Å². The van der Waals surface area contributed by atoms with Crippen LogP contribution in [0.2, 0.25) is 0 Å². The number of hydrogen-bond acceptors (Lipinski definition) is 5. The van der Waals surface area contributed by atoms with Crippen LogP contribution in [0.25, 0.3) is 22.7 Å². The number of carbonyl (C=O) groups excluding carboxylic acids is 1. The number of fused-ring (bicyclic) bond motifs is 1. The smallest absolute Gasteiger partial charge is 0.258 e. The summed E-state index contributed by atoms with van der Waals surface area (Å²) >= 11 is 0. The molecular weight excluding hydrogens is 464 g/mol. The van der Waals surface area contributed by atoms with Gasteiger partial charge in [-0.15, -0.1) is 0 Å². The fraction of sp³-hybridized carbons (Fsp3) is 0.233. The number of imidazole rings is 1. The minimum absolute atomic E-state index is 0.133. The summed E-state index contributed by atoms with van der Waals surface area (Å²) in [4.78, 5) is 20.3. The van der Waals surface area contributed by atoms with Crippen molar-refractivity contribution in [3.8, 4) is 17.6 Å². The Bertz CT molecular complexity index is 1440. The second-order valence-corrected chi connectivity index (χ2v) is 8.84. The Labute approximate surface area is 216 Å². The molecule has 0 fully saturated rings. The lowest BCUT2D eigenvalue weighted by Crippen LogP contribution is -2.31. The Hall–Kier alpha value is -4.57. The number of nitrogens with one attached hydrogen (secondary N) is 2. The molecule has 0 saturated heterocycles. The summed E-state index contributed by atoms with van der Waals surface area (Å²) in [5, 5.41) is 12.8. The average Bonchev–Trinajstić information content (AvgIpc) is 3.30. The zero-order valence-corrected chi connectivity index (χ0v) is 21.5. The van der Waals surface area contributed by atoms with Gasteiger partial charge in [0.2, 0.25) is 0 Å². The summed E-state index contributed by atoms with van der Waals surface area (Å²) in [6, 6.07) is 21.2. The van der Waals surface area contributed by atoms with E-state index in [1.54, 1.807) is 18.2 Å². The zero-order chi connectivity index (χ0) is 26.4. The number of nitriles is 1. The van der Waals surface area contributed by atoms with Crippen molar-refractivity contribution in [1.82, 2.24) is 15.3 Å². The number of benzene rings is 3. The fourth-order valence-electron chi connectivity index (χ4n) is 3.97. The predicted octanol–water partition coefficient (Wildman–Crippen LogP) is 5.90. The highest BCUT2D eigenvalue weighted by Gasteiger charge is 2.14. The molecule has 0 aliphatic rings. The predicted molar refractivity (Wildman–Crippen MR) is 145 cm³/mol. The maximum Gasteiger partial charge on any atom is 0.258 e. The molecular formula is C30H30N4O3. The first kappa shape index (κ1) is 25.5. The molecule has 1 aromatic heterocycles. The van der Waals surface area contributed by atoms with Gasteiger partial charge < -0.3 is 19.8 Å². The number of aryl methyl sites for hydroxylation is 2. The Kier molecular flexibility index (Phi) is 7.89. The molecule has 7 nitrogen and oxygen atoms in total. The van der Waals surface area contributed by atoms with Crippen molar-refractivity contribution in [3.63, 3.8) is 0 Å². The SMILES string of the molecule is CCOc1cc(/C=C(\C#N)c2nc3cc(C)c(C)cc3[nH]2)ccc1OCC(=O)N[C@@H](C)c1ccccc1. The van der Waals surface area contributed by atoms with E-state index in [1.807, 2.05) is 76.2 Å². The minimum atomic E-state index is -0.232. The van der Waals surface area contributed by atoms with Gasteiger partial charge in [0.25, 0.3) is 5.91 Å². The first-order valence-electron chi connectivity index (χ1n) is 12.2. The lowest BCUT2D eigenvalue weighted by molar-refractivity contribution is -0.123. The third-order valence-electron chi connectivity index (χ3n) is 6.09. The summed E-state index contributed by atoms with van der Waals surface area (Å²) in [5.74, 6) is 1.22. The lowest BCUT2D eigenvalue weighted by Gasteiger charge is -2.16. The summed E-state index contributed by atoms with van der Waals surface area (Å²) in [6.07, 6.45) is 1.75. The topological polar surface area (TPSA) is 100 Å². The molecule has 3 aromatic carbocycles. The summed E-state index contributed by atoms with van der Waals surface area (Å²) in [7, 11) is 0. The number of aromatic nitrogens is 2. The van der Waals surface area contributed by atoms with E-state index in [4.69, 9.17) is 9.47 Å². The summed E-state index contributed by atoms with van der Waals surface area (Å²) in [6.45, 7) is 8.16. The number of rotatable bonds is 9. The number of allylic oxidation sites excluding steroid dienone is 1. The van der Waals surface area contributed by atoms with Crippen molar-refractivity contribution in [2.75, 3.05) is 13.2 Å². The molecule has 0 spiro atoms. The highest BCUT2D eigenvalue weighted by Crippen LogP contribution is 2.30. The van der Waals surface area contributed by atoms with Crippen LogP contribution in [0, 0.1) is 25.2 Å². The van der Waals surface area contributed by atoms with Crippen molar-refractivity contribution in [2.24, 2.45) is 0 Å². The van der Waals surface area contributed by atoms with Gasteiger partial charge in [-0.3, -0.25) is 4.79 Å². The van der Waals surface area contributed by atoms with Crippen molar-refractivity contribution in [1.29, 1.82) is 5.26 Å². The molecule has 7 heteroatoms. The third kappa shape index (κ3) is 6.17. The second-order valence-electron chi connectivity index (χ2n) is 8.84. The van der Waals surface area contributed by atoms with E-state index in [9.17, 15) is 10.1 Å². The van der Waals surface area contributed by atoms with Crippen LogP contribution < -0.4 is 14.8 Å². The number of hydrogen-bond donors (Lipinski definition) is 2. The number of aromatic amines is 1. The van der Waals surface area contributed by atoms with E-state index < -0.39 is 0 Å². The number of ether oxygens (including phenoxy) is 2. The lowest BCUT2D eigenvalue weighted by atomic mass is 10.1. The molecule has 4 aromatic rings. The normalized spacial score (nSPS) is 12.1. The number of nitrogens with zero attached hydrogens (tertiary/aromatic N) is 2. The highest BCUT2D eigenvalue weighted by molar-refractivity contribution is 5.90. The van der Waals surface area contributed by atoms with Crippen LogP contribution in [0.1, 0.15) is 48.0 Å². The second kappa shape index (κ2) is 11.4. The maximum absolute atomic E-state index is 12.5. The van der Waals surface area contributed by atoms with Crippen LogP contribution in [0.4, 0.5) is 0 Å². The molecule has 188 valence electrons. The molecule has 0 radical (unpaired) electrons. The van der Waals surface area contributed by atoms with Gasteiger partial charge in [0.05, 0.1) is 29.3 Å². The molecule has 37 heavy (non-hydrogen) atoms. The quantitative estimate of drug-likeness (QED) is 0.282. The van der Waals surface area contributed by atoms with E-state index in [-0.39, 0.29) is 18.6 Å². The van der Waals surface area contributed by atoms with Crippen LogP contribution in [-0.4, -0.2) is 29.1 Å². The molecule has 0 bridgehead atoms. The Morgan fingerprint density at radius 3 is 2.57 bits per heavy atom. The minimum Gasteiger partial charge on any atom is -0.490 e. The van der Waals surface area contributed by atoms with E-state index in [0.717, 1.165) is 33.3 Å². The standard InChI is InChI=1S/C30H30N4O3/c1-5-36-28-16-22(15-24(17-31)30-33-25-13-19(2)20(3)14-26(25)34-30)11-12-27(28)37-18-29(35)32-21(4)23-9-7-6-8-10-23/h6-16,21H,5,18H2,1-4H3,(H,32,35)(H,33,34)/b24-15+/t21-/m0/s1. The molecule has 2 N–H and O–H groups in total. The Balaban J connectivity index is 1.50. The van der Waals surface area contributed by atoms with Gasteiger partial charge in [-0.1, -0.05) is 36.4 Å². The van der Waals surface area contributed by atoms with Gasteiger partial charge in [0, 0.05) is 0 Å². The molecule has 0 aliphatic carbocycles. The third-order valence-corrected chi connectivity index (χ3v) is 6.09. The van der Waals surface area contributed by atoms with E-state index in [2.05, 4.69) is 21.4 Å². The Morgan fingerprint density at radius 1 is 1.08 bits per heavy atom. The van der Waals surface area contributed by atoms with Crippen LogP contribution in [-0.2, 0) is 4.79 Å². The average molecular weight is 495 g/mol. The van der Waals surface area contributed by atoms with Crippen molar-refractivity contribution in [2.45, 2.75) is 33.7 Å². The number of H-pyrrole nitrogens is 1. The van der Waals surface area contributed by atoms with Gasteiger partial charge in [0.1, 0.15) is 11.9 Å². The van der Waals surface area contributed by atoms with Gasteiger partial charge in [0.15, 0.2) is 18.1 Å². The molecule has 1 heterocycles. The van der Waals surface area contributed by atoms with Crippen molar-refractivity contribution < 1.29 is 14.3 Å². The summed E-state index contributed by atoms with van der Waals surface area (Å²) in [5.41, 5.74) is 6.18. The zero-order valence-electron chi connectivity index (χ0n) is 21.5. The summed E-state index contributed by atoms with van der Waals surface area (Å²) < 4.78 is 11.5. The molecule has 0 aliphatic heterocycles. The van der Waals surface area contributed by atoms with Gasteiger partial charge in [-0.2, -0.15) is 5.26 Å². The van der Waals surface area contributed by atoms with Crippen LogP contribution >= 0.6 is 0 Å².